The quantitative estimate of drug-likeness (QED) is 0.234. The van der Waals surface area contributed by atoms with Gasteiger partial charge in [0.2, 0.25) is 17.7 Å². The Morgan fingerprint density at radius 3 is 2.37 bits per heavy atom. The molecule has 46 heavy (non-hydrogen) atoms. The molecule has 3 fully saturated rings. The molecule has 3 aliphatic heterocycles. The van der Waals surface area contributed by atoms with E-state index in [-0.39, 0.29) is 25.1 Å². The van der Waals surface area contributed by atoms with Gasteiger partial charge in [-0.2, -0.15) is 0 Å². The molecule has 0 radical (unpaired) electrons. The molecule has 11 nitrogen and oxygen atoms in total. The summed E-state index contributed by atoms with van der Waals surface area (Å²) < 4.78 is 8.49. The molecular formula is C35H38N6O5. The molecule has 3 amide bonds. The average molecular weight is 623 g/mol. The molecule has 7 rings (SSSR count). The number of hydrogen-bond acceptors (Lipinski definition) is 7. The molecular weight excluding hydrogens is 584 g/mol. The highest BCUT2D eigenvalue weighted by molar-refractivity contribution is 5.99. The maximum Gasteiger partial charge on any atom is 0.247 e. The van der Waals surface area contributed by atoms with E-state index in [0.29, 0.717) is 37.7 Å². The molecule has 2 bridgehead atoms. The van der Waals surface area contributed by atoms with Gasteiger partial charge in [0.25, 0.3) is 0 Å². The van der Waals surface area contributed by atoms with Crippen molar-refractivity contribution in [2.24, 2.45) is 11.8 Å². The molecule has 2 unspecified atom stereocenters. The second-order valence-corrected chi connectivity index (χ2v) is 12.6. The predicted molar refractivity (Wildman–Crippen MR) is 169 cm³/mol. The summed E-state index contributed by atoms with van der Waals surface area (Å²) in [6.45, 7) is 1.96. The molecule has 11 heteroatoms. The Hall–Kier alpha value is -4.61. The average Bonchev–Trinajstić information content (AvgIpc) is 3.83. The topological polar surface area (TPSA) is 139 Å². The standard InChI is InChI=1S/C35H38N6O5/c1-2-34-17-18-35(46-34)29(28(34)31(43)36-20-24-13-7-4-8-14-24)33(45)41(25(21-42)19-23-11-5-3-6-12-23)30(35)32(44)37-22-40-27-16-10-9-15-26(27)38-39-40/h3-16,25,28-30,42H,2,17-22H2,1H3,(H,36,43)(H,37,44)/t25-,28+,29+,30?,34-,35?/m1/s1. The first kappa shape index (κ1) is 30.1. The number of para-hydroxylation sites is 1. The third-order valence-electron chi connectivity index (χ3n) is 10.2. The van der Waals surface area contributed by atoms with Crippen molar-refractivity contribution in [3.63, 3.8) is 0 Å². The number of nitrogens with zero attached hydrogens (tertiary/aromatic N) is 4. The zero-order chi connectivity index (χ0) is 31.9. The van der Waals surface area contributed by atoms with Crippen LogP contribution in [-0.2, 0) is 38.8 Å². The first-order valence-corrected chi connectivity index (χ1v) is 16.0. The van der Waals surface area contributed by atoms with Crippen molar-refractivity contribution < 1.29 is 24.2 Å². The number of aromatic nitrogens is 3. The van der Waals surface area contributed by atoms with Gasteiger partial charge in [0.1, 0.15) is 23.8 Å². The third-order valence-corrected chi connectivity index (χ3v) is 10.2. The summed E-state index contributed by atoms with van der Waals surface area (Å²) in [4.78, 5) is 44.6. The predicted octanol–water partition coefficient (Wildman–Crippen LogP) is 2.58. The Morgan fingerprint density at radius 2 is 1.65 bits per heavy atom. The van der Waals surface area contributed by atoms with Crippen LogP contribution >= 0.6 is 0 Å². The second-order valence-electron chi connectivity index (χ2n) is 12.6. The molecule has 6 atom stereocenters. The van der Waals surface area contributed by atoms with Crippen LogP contribution in [0.5, 0.6) is 0 Å². The van der Waals surface area contributed by atoms with Crippen molar-refractivity contribution in [2.75, 3.05) is 6.61 Å². The number of aliphatic hydroxyl groups excluding tert-OH is 1. The van der Waals surface area contributed by atoms with Crippen LogP contribution in [0, 0.1) is 11.8 Å². The Morgan fingerprint density at radius 1 is 0.957 bits per heavy atom. The number of hydrogen-bond donors (Lipinski definition) is 3. The minimum absolute atomic E-state index is 0.0288. The van der Waals surface area contributed by atoms with E-state index in [1.165, 1.54) is 4.90 Å². The van der Waals surface area contributed by atoms with Crippen LogP contribution in [0.4, 0.5) is 0 Å². The van der Waals surface area contributed by atoms with E-state index in [1.54, 1.807) is 4.68 Å². The summed E-state index contributed by atoms with van der Waals surface area (Å²) in [5.41, 5.74) is 1.23. The lowest BCUT2D eigenvalue weighted by atomic mass is 9.65. The van der Waals surface area contributed by atoms with Gasteiger partial charge in [-0.15, -0.1) is 5.10 Å². The number of likely N-dealkylation sites (tertiary alicyclic amines) is 1. The molecule has 1 aromatic heterocycles. The molecule has 3 aliphatic rings. The van der Waals surface area contributed by atoms with Gasteiger partial charge in [-0.25, -0.2) is 4.68 Å². The molecule has 3 aromatic carbocycles. The first-order chi connectivity index (χ1) is 22.4. The van der Waals surface area contributed by atoms with E-state index in [1.807, 2.05) is 91.9 Å². The Labute approximate surface area is 266 Å². The van der Waals surface area contributed by atoms with Gasteiger partial charge in [0.15, 0.2) is 0 Å². The fourth-order valence-corrected chi connectivity index (χ4v) is 8.06. The Bertz CT molecular complexity index is 1750. The van der Waals surface area contributed by atoms with Gasteiger partial charge in [-0.3, -0.25) is 14.4 Å². The first-order valence-electron chi connectivity index (χ1n) is 16.0. The summed E-state index contributed by atoms with van der Waals surface area (Å²) >= 11 is 0. The van der Waals surface area contributed by atoms with Gasteiger partial charge in [-0.1, -0.05) is 84.9 Å². The summed E-state index contributed by atoms with van der Waals surface area (Å²) in [7, 11) is 0. The SMILES string of the molecule is CC[C@]12CCC3(O1)C(C(=O)NCn1nnc4ccccc41)N([C@@H](CO)Cc1ccccc1)C(=O)[C@@H]3[C@H]2C(=O)NCc1ccccc1. The number of carbonyl (C=O) groups excluding carboxylic acids is 3. The summed E-state index contributed by atoms with van der Waals surface area (Å²) in [5, 5.41) is 25.1. The monoisotopic (exact) mass is 622 g/mol. The minimum Gasteiger partial charge on any atom is -0.394 e. The molecule has 4 heterocycles. The van der Waals surface area contributed by atoms with Crippen molar-refractivity contribution >= 4 is 28.8 Å². The fourth-order valence-electron chi connectivity index (χ4n) is 8.06. The number of benzene rings is 3. The smallest absolute Gasteiger partial charge is 0.247 e. The van der Waals surface area contributed by atoms with Crippen LogP contribution in [0.25, 0.3) is 11.0 Å². The van der Waals surface area contributed by atoms with Crippen LogP contribution in [0.1, 0.15) is 37.3 Å². The number of amides is 3. The maximum absolute atomic E-state index is 14.7. The van der Waals surface area contributed by atoms with Crippen LogP contribution in [-0.4, -0.2) is 72.6 Å². The summed E-state index contributed by atoms with van der Waals surface area (Å²) in [5.74, 6) is -2.66. The van der Waals surface area contributed by atoms with Gasteiger partial charge in [0.05, 0.1) is 35.6 Å². The maximum atomic E-state index is 14.7. The van der Waals surface area contributed by atoms with E-state index in [2.05, 4.69) is 20.9 Å². The number of ether oxygens (including phenoxy) is 1. The van der Waals surface area contributed by atoms with Gasteiger partial charge >= 0.3 is 0 Å². The van der Waals surface area contributed by atoms with Crippen molar-refractivity contribution in [1.29, 1.82) is 0 Å². The van der Waals surface area contributed by atoms with Crippen molar-refractivity contribution in [2.45, 2.75) is 69.1 Å². The Balaban J connectivity index is 1.23. The van der Waals surface area contributed by atoms with Gasteiger partial charge < -0.3 is 25.4 Å². The summed E-state index contributed by atoms with van der Waals surface area (Å²) in [6.07, 6.45) is 1.86. The Kier molecular flexibility index (Phi) is 7.82. The van der Waals surface area contributed by atoms with Gasteiger partial charge in [0, 0.05) is 6.54 Å². The molecule has 0 saturated carbocycles. The highest BCUT2D eigenvalue weighted by atomic mass is 16.5. The number of nitrogens with one attached hydrogen (secondary N) is 2. The lowest BCUT2D eigenvalue weighted by molar-refractivity contribution is -0.151. The normalized spacial score (nSPS) is 27.1. The number of aliphatic hydroxyl groups is 1. The van der Waals surface area contributed by atoms with E-state index in [9.17, 15) is 19.5 Å². The van der Waals surface area contributed by atoms with Crippen LogP contribution < -0.4 is 10.6 Å². The van der Waals surface area contributed by atoms with Crippen LogP contribution in [0.15, 0.2) is 84.9 Å². The summed E-state index contributed by atoms with van der Waals surface area (Å²) in [6, 6.07) is 24.9. The second kappa shape index (κ2) is 12.0. The van der Waals surface area contributed by atoms with E-state index < -0.39 is 41.0 Å². The number of carbonyl (C=O) groups is 3. The number of fused-ring (bicyclic) bond motifs is 2. The van der Waals surface area contributed by atoms with Gasteiger partial charge in [-0.05, 0) is 48.9 Å². The fraction of sp³-hybridized carbons (Fsp3) is 0.400. The van der Waals surface area contributed by atoms with Crippen molar-refractivity contribution in [3.8, 4) is 0 Å². The van der Waals surface area contributed by atoms with Crippen molar-refractivity contribution in [3.05, 3.63) is 96.1 Å². The zero-order valence-corrected chi connectivity index (χ0v) is 25.7. The lowest BCUT2D eigenvalue weighted by Crippen LogP contribution is -2.58. The molecule has 3 N–H and O–H groups in total. The molecule has 238 valence electrons. The van der Waals surface area contributed by atoms with E-state index in [4.69, 9.17) is 4.74 Å². The van der Waals surface area contributed by atoms with Crippen LogP contribution in [0.2, 0.25) is 0 Å². The zero-order valence-electron chi connectivity index (χ0n) is 25.7. The highest BCUT2D eigenvalue weighted by Gasteiger charge is 2.79. The third kappa shape index (κ3) is 4.85. The number of rotatable bonds is 11. The molecule has 0 aliphatic carbocycles. The molecule has 1 spiro atoms. The molecule has 3 saturated heterocycles. The van der Waals surface area contributed by atoms with E-state index >= 15 is 0 Å². The highest BCUT2D eigenvalue weighted by Crippen LogP contribution is 2.64. The lowest BCUT2D eigenvalue weighted by Gasteiger charge is -2.37. The largest absolute Gasteiger partial charge is 0.394 e. The van der Waals surface area contributed by atoms with Crippen LogP contribution in [0.3, 0.4) is 0 Å². The van der Waals surface area contributed by atoms with Crippen molar-refractivity contribution in [1.82, 2.24) is 30.5 Å². The minimum atomic E-state index is -1.22. The van der Waals surface area contributed by atoms with E-state index in [0.717, 1.165) is 16.6 Å². The molecule has 4 aromatic rings.